The average Bonchev–Trinajstić information content (AvgIpc) is 2.72. The summed E-state index contributed by atoms with van der Waals surface area (Å²) < 4.78 is 2.00. The summed E-state index contributed by atoms with van der Waals surface area (Å²) in [6.45, 7) is 7.48. The fourth-order valence-electron chi connectivity index (χ4n) is 3.63. The molecule has 4 nitrogen and oxygen atoms in total. The summed E-state index contributed by atoms with van der Waals surface area (Å²) in [6, 6.07) is 0. The number of carbonyl (C=O) groups is 1. The Balaban J connectivity index is 1.81. The van der Waals surface area contributed by atoms with Crippen molar-refractivity contribution in [3.8, 4) is 0 Å². The monoisotopic (exact) mass is 277 g/mol. The SMILES string of the molecule is C[C@@H]1C[C@@H](C(=O)NCCc2nccn2C)CC(C)(C)C1. The van der Waals surface area contributed by atoms with E-state index in [-0.39, 0.29) is 11.8 Å². The summed E-state index contributed by atoms with van der Waals surface area (Å²) in [5, 5.41) is 3.08. The lowest BCUT2D eigenvalue weighted by Crippen LogP contribution is -2.39. The molecule has 2 atom stereocenters. The minimum absolute atomic E-state index is 0.176. The Labute approximate surface area is 122 Å². The van der Waals surface area contributed by atoms with Crippen molar-refractivity contribution in [2.75, 3.05) is 6.54 Å². The van der Waals surface area contributed by atoms with Crippen molar-refractivity contribution in [2.24, 2.45) is 24.3 Å². The van der Waals surface area contributed by atoms with Crippen molar-refractivity contribution in [1.29, 1.82) is 0 Å². The van der Waals surface area contributed by atoms with Crippen LogP contribution in [0.1, 0.15) is 45.9 Å². The third kappa shape index (κ3) is 3.84. The molecule has 0 radical (unpaired) electrons. The van der Waals surface area contributed by atoms with Gasteiger partial charge in [-0.1, -0.05) is 20.8 Å². The maximum atomic E-state index is 12.3. The maximum absolute atomic E-state index is 12.3. The van der Waals surface area contributed by atoms with E-state index in [4.69, 9.17) is 0 Å². The topological polar surface area (TPSA) is 46.9 Å². The molecule has 20 heavy (non-hydrogen) atoms. The second-order valence-corrected chi connectivity index (χ2v) is 7.11. The largest absolute Gasteiger partial charge is 0.355 e. The van der Waals surface area contributed by atoms with Gasteiger partial charge in [0.1, 0.15) is 5.82 Å². The number of rotatable bonds is 4. The Hall–Kier alpha value is -1.32. The van der Waals surface area contributed by atoms with E-state index in [0.717, 1.165) is 25.1 Å². The molecule has 0 unspecified atom stereocenters. The molecular formula is C16H27N3O. The third-order valence-corrected chi connectivity index (χ3v) is 4.33. The van der Waals surface area contributed by atoms with Crippen LogP contribution in [-0.2, 0) is 18.3 Å². The van der Waals surface area contributed by atoms with E-state index < -0.39 is 0 Å². The molecule has 0 aromatic carbocycles. The predicted molar refractivity (Wildman–Crippen MR) is 80.2 cm³/mol. The van der Waals surface area contributed by atoms with Crippen molar-refractivity contribution in [2.45, 2.75) is 46.5 Å². The molecule has 0 bridgehead atoms. The van der Waals surface area contributed by atoms with E-state index >= 15 is 0 Å². The fourth-order valence-corrected chi connectivity index (χ4v) is 3.63. The predicted octanol–water partition coefficient (Wildman–Crippen LogP) is 2.54. The van der Waals surface area contributed by atoms with Gasteiger partial charge in [0.05, 0.1) is 0 Å². The zero-order valence-electron chi connectivity index (χ0n) is 13.1. The molecule has 1 aromatic rings. The highest BCUT2D eigenvalue weighted by Crippen LogP contribution is 2.41. The van der Waals surface area contributed by atoms with Crippen LogP contribution in [-0.4, -0.2) is 22.0 Å². The minimum Gasteiger partial charge on any atom is -0.355 e. The number of nitrogens with zero attached hydrogens (tertiary/aromatic N) is 2. The molecule has 0 spiro atoms. The second-order valence-electron chi connectivity index (χ2n) is 7.11. The van der Waals surface area contributed by atoms with Gasteiger partial charge in [-0.15, -0.1) is 0 Å². The van der Waals surface area contributed by atoms with Crippen LogP contribution < -0.4 is 5.32 Å². The first-order chi connectivity index (χ1) is 9.37. The summed E-state index contributed by atoms with van der Waals surface area (Å²) in [5.41, 5.74) is 0.291. The molecule has 112 valence electrons. The zero-order chi connectivity index (χ0) is 14.8. The first kappa shape index (κ1) is 15.1. The number of aromatic nitrogens is 2. The van der Waals surface area contributed by atoms with Crippen molar-refractivity contribution < 1.29 is 4.79 Å². The van der Waals surface area contributed by atoms with Crippen LogP contribution >= 0.6 is 0 Å². The standard InChI is InChI=1S/C16H27N3O/c1-12-9-13(11-16(2,3)10-12)15(20)18-6-5-14-17-7-8-19(14)4/h7-8,12-13H,5-6,9-11H2,1-4H3,(H,18,20)/t12-,13-/m1/s1. The van der Waals surface area contributed by atoms with E-state index in [2.05, 4.69) is 31.1 Å². The van der Waals surface area contributed by atoms with Gasteiger partial charge >= 0.3 is 0 Å². The lowest BCUT2D eigenvalue weighted by Gasteiger charge is -2.38. The zero-order valence-corrected chi connectivity index (χ0v) is 13.1. The van der Waals surface area contributed by atoms with E-state index in [1.807, 2.05) is 17.8 Å². The molecule has 1 heterocycles. The van der Waals surface area contributed by atoms with Gasteiger partial charge in [0.25, 0.3) is 0 Å². The van der Waals surface area contributed by atoms with Crippen LogP contribution in [0.2, 0.25) is 0 Å². The number of imidazole rings is 1. The van der Waals surface area contributed by atoms with Crippen LogP contribution in [0.25, 0.3) is 0 Å². The minimum atomic E-state index is 0.176. The Morgan fingerprint density at radius 2 is 2.25 bits per heavy atom. The summed E-state index contributed by atoms with van der Waals surface area (Å²) in [5.74, 6) is 2.06. The molecular weight excluding hydrogens is 250 g/mol. The Morgan fingerprint density at radius 1 is 1.50 bits per heavy atom. The van der Waals surface area contributed by atoms with Crippen LogP contribution in [0.4, 0.5) is 0 Å². The van der Waals surface area contributed by atoms with E-state index in [0.29, 0.717) is 17.9 Å². The van der Waals surface area contributed by atoms with Gasteiger partial charge in [0.15, 0.2) is 0 Å². The van der Waals surface area contributed by atoms with Gasteiger partial charge in [-0.2, -0.15) is 0 Å². The molecule has 1 aliphatic rings. The summed E-state index contributed by atoms with van der Waals surface area (Å²) in [7, 11) is 1.98. The lowest BCUT2D eigenvalue weighted by atomic mass is 9.68. The molecule has 4 heteroatoms. The van der Waals surface area contributed by atoms with Gasteiger partial charge in [-0.25, -0.2) is 4.98 Å². The number of nitrogens with one attached hydrogen (secondary N) is 1. The summed E-state index contributed by atoms with van der Waals surface area (Å²) in [6.07, 6.45) is 7.78. The van der Waals surface area contributed by atoms with Crippen molar-refractivity contribution in [3.63, 3.8) is 0 Å². The second kappa shape index (κ2) is 5.98. The first-order valence-electron chi connectivity index (χ1n) is 7.61. The van der Waals surface area contributed by atoms with E-state index in [9.17, 15) is 4.79 Å². The van der Waals surface area contributed by atoms with Gasteiger partial charge < -0.3 is 9.88 Å². The quantitative estimate of drug-likeness (QED) is 0.919. The van der Waals surface area contributed by atoms with Gasteiger partial charge in [-0.3, -0.25) is 4.79 Å². The van der Waals surface area contributed by atoms with Crippen LogP contribution in [0.5, 0.6) is 0 Å². The van der Waals surface area contributed by atoms with E-state index in [1.165, 1.54) is 6.42 Å². The van der Waals surface area contributed by atoms with Crippen molar-refractivity contribution in [1.82, 2.24) is 14.9 Å². The number of aryl methyl sites for hydroxylation is 1. The smallest absolute Gasteiger partial charge is 0.223 e. The number of amides is 1. The average molecular weight is 277 g/mol. The van der Waals surface area contributed by atoms with Crippen molar-refractivity contribution in [3.05, 3.63) is 18.2 Å². The van der Waals surface area contributed by atoms with Crippen LogP contribution in [0.3, 0.4) is 0 Å². The molecule has 0 saturated heterocycles. The Kier molecular flexibility index (Phi) is 4.51. The van der Waals surface area contributed by atoms with Crippen LogP contribution in [0.15, 0.2) is 12.4 Å². The number of carbonyl (C=O) groups excluding carboxylic acids is 1. The fraction of sp³-hybridized carbons (Fsp3) is 0.750. The molecule has 1 N–H and O–H groups in total. The van der Waals surface area contributed by atoms with Gasteiger partial charge in [-0.05, 0) is 30.6 Å². The molecule has 1 amide bonds. The maximum Gasteiger partial charge on any atom is 0.223 e. The normalized spacial score (nSPS) is 25.4. The van der Waals surface area contributed by atoms with Gasteiger partial charge in [0.2, 0.25) is 5.91 Å². The third-order valence-electron chi connectivity index (χ3n) is 4.33. The first-order valence-corrected chi connectivity index (χ1v) is 7.61. The molecule has 1 aliphatic carbocycles. The lowest BCUT2D eigenvalue weighted by molar-refractivity contribution is -0.127. The highest BCUT2D eigenvalue weighted by molar-refractivity contribution is 5.78. The Bertz CT molecular complexity index is 464. The molecule has 1 saturated carbocycles. The highest BCUT2D eigenvalue weighted by atomic mass is 16.1. The molecule has 2 rings (SSSR count). The number of hydrogen-bond donors (Lipinski definition) is 1. The summed E-state index contributed by atoms with van der Waals surface area (Å²) in [4.78, 5) is 16.6. The van der Waals surface area contributed by atoms with Gasteiger partial charge in [0, 0.05) is 38.3 Å². The molecule has 0 aliphatic heterocycles. The number of hydrogen-bond acceptors (Lipinski definition) is 2. The van der Waals surface area contributed by atoms with E-state index in [1.54, 1.807) is 6.20 Å². The molecule has 1 aromatic heterocycles. The Morgan fingerprint density at radius 3 is 2.85 bits per heavy atom. The highest BCUT2D eigenvalue weighted by Gasteiger charge is 2.35. The van der Waals surface area contributed by atoms with Crippen LogP contribution in [0, 0.1) is 17.3 Å². The van der Waals surface area contributed by atoms with Crippen molar-refractivity contribution >= 4 is 5.91 Å². The molecule has 1 fully saturated rings. The summed E-state index contributed by atoms with van der Waals surface area (Å²) >= 11 is 0.